The second-order valence-corrected chi connectivity index (χ2v) is 3.32. The Kier molecular flexibility index (Phi) is 3.46. The SMILES string of the molecule is COC(=O)[C@@H]1CC[C@@H](C(=O)OC)N1C. The van der Waals surface area contributed by atoms with Gasteiger partial charge in [0.25, 0.3) is 0 Å². The molecule has 0 bridgehead atoms. The fraction of sp³-hybridized carbons (Fsp3) is 0.778. The summed E-state index contributed by atoms with van der Waals surface area (Å²) in [6, 6.07) is -0.631. The molecule has 1 rings (SSSR count). The van der Waals surface area contributed by atoms with Gasteiger partial charge in [-0.25, -0.2) is 0 Å². The van der Waals surface area contributed by atoms with E-state index in [0.29, 0.717) is 12.8 Å². The van der Waals surface area contributed by atoms with E-state index in [2.05, 4.69) is 9.47 Å². The Morgan fingerprint density at radius 2 is 1.43 bits per heavy atom. The average Bonchev–Trinajstić information content (AvgIpc) is 2.58. The first kappa shape index (κ1) is 11.0. The van der Waals surface area contributed by atoms with Gasteiger partial charge >= 0.3 is 11.9 Å². The Labute approximate surface area is 83.0 Å². The van der Waals surface area contributed by atoms with Crippen LogP contribution in [-0.2, 0) is 19.1 Å². The Morgan fingerprint density at radius 1 is 1.07 bits per heavy atom. The number of methoxy groups -OCH3 is 2. The highest BCUT2D eigenvalue weighted by Crippen LogP contribution is 2.23. The van der Waals surface area contributed by atoms with Gasteiger partial charge in [0.15, 0.2) is 0 Å². The van der Waals surface area contributed by atoms with Crippen molar-refractivity contribution in [1.29, 1.82) is 0 Å². The molecule has 0 aromatic rings. The molecular formula is C9H15NO4. The normalized spacial score (nSPS) is 27.4. The number of ether oxygens (including phenoxy) is 2. The Hall–Kier alpha value is -1.10. The fourth-order valence-electron chi connectivity index (χ4n) is 1.78. The van der Waals surface area contributed by atoms with Crippen molar-refractivity contribution in [3.8, 4) is 0 Å². The van der Waals surface area contributed by atoms with Crippen LogP contribution in [0.1, 0.15) is 12.8 Å². The molecule has 1 heterocycles. The van der Waals surface area contributed by atoms with E-state index in [9.17, 15) is 9.59 Å². The minimum absolute atomic E-state index is 0.293. The lowest BCUT2D eigenvalue weighted by Gasteiger charge is -2.21. The van der Waals surface area contributed by atoms with Crippen molar-refractivity contribution in [3.63, 3.8) is 0 Å². The van der Waals surface area contributed by atoms with Crippen LogP contribution in [0.15, 0.2) is 0 Å². The van der Waals surface area contributed by atoms with Gasteiger partial charge in [-0.2, -0.15) is 0 Å². The Morgan fingerprint density at radius 3 is 1.71 bits per heavy atom. The van der Waals surface area contributed by atoms with Gasteiger partial charge in [0, 0.05) is 0 Å². The maximum atomic E-state index is 11.3. The molecule has 0 saturated carbocycles. The first-order valence-corrected chi connectivity index (χ1v) is 4.49. The molecule has 1 aliphatic rings. The molecule has 0 spiro atoms. The molecule has 14 heavy (non-hydrogen) atoms. The van der Waals surface area contributed by atoms with Gasteiger partial charge < -0.3 is 9.47 Å². The first-order chi connectivity index (χ1) is 6.61. The van der Waals surface area contributed by atoms with Gasteiger partial charge in [-0.3, -0.25) is 14.5 Å². The zero-order chi connectivity index (χ0) is 10.7. The van der Waals surface area contributed by atoms with Gasteiger partial charge in [-0.05, 0) is 19.9 Å². The van der Waals surface area contributed by atoms with Crippen molar-refractivity contribution in [2.45, 2.75) is 24.9 Å². The monoisotopic (exact) mass is 201 g/mol. The average molecular weight is 201 g/mol. The van der Waals surface area contributed by atoms with Crippen LogP contribution in [0.4, 0.5) is 0 Å². The number of carbonyl (C=O) groups is 2. The first-order valence-electron chi connectivity index (χ1n) is 4.49. The third-order valence-electron chi connectivity index (χ3n) is 2.64. The van der Waals surface area contributed by atoms with Crippen molar-refractivity contribution >= 4 is 11.9 Å². The van der Waals surface area contributed by atoms with Gasteiger partial charge in [0.1, 0.15) is 12.1 Å². The van der Waals surface area contributed by atoms with E-state index in [1.54, 1.807) is 11.9 Å². The molecule has 0 N–H and O–H groups in total. The van der Waals surface area contributed by atoms with Crippen LogP contribution in [0.5, 0.6) is 0 Å². The van der Waals surface area contributed by atoms with E-state index in [0.717, 1.165) is 0 Å². The molecular weight excluding hydrogens is 186 g/mol. The summed E-state index contributed by atoms with van der Waals surface area (Å²) in [6.07, 6.45) is 1.28. The summed E-state index contributed by atoms with van der Waals surface area (Å²) in [5.41, 5.74) is 0. The third-order valence-corrected chi connectivity index (χ3v) is 2.64. The summed E-state index contributed by atoms with van der Waals surface area (Å²) < 4.78 is 9.27. The van der Waals surface area contributed by atoms with Crippen molar-refractivity contribution in [2.24, 2.45) is 0 Å². The van der Waals surface area contributed by atoms with Crippen LogP contribution in [0.25, 0.3) is 0 Å². The topological polar surface area (TPSA) is 55.8 Å². The predicted molar refractivity (Wildman–Crippen MR) is 48.6 cm³/mol. The lowest BCUT2D eigenvalue weighted by Crippen LogP contribution is -2.42. The highest BCUT2D eigenvalue weighted by molar-refractivity contribution is 5.81. The molecule has 80 valence electrons. The summed E-state index contributed by atoms with van der Waals surface area (Å²) in [4.78, 5) is 24.2. The van der Waals surface area contributed by atoms with E-state index in [1.807, 2.05) is 0 Å². The van der Waals surface area contributed by atoms with Crippen molar-refractivity contribution in [3.05, 3.63) is 0 Å². The summed E-state index contributed by atoms with van der Waals surface area (Å²) >= 11 is 0. The smallest absolute Gasteiger partial charge is 0.323 e. The van der Waals surface area contributed by atoms with Crippen molar-refractivity contribution in [2.75, 3.05) is 21.3 Å². The van der Waals surface area contributed by atoms with E-state index in [4.69, 9.17) is 0 Å². The van der Waals surface area contributed by atoms with Gasteiger partial charge in [0.05, 0.1) is 14.2 Å². The third kappa shape index (κ3) is 1.87. The molecule has 5 heteroatoms. The molecule has 1 fully saturated rings. The zero-order valence-electron chi connectivity index (χ0n) is 8.65. The highest BCUT2D eigenvalue weighted by atomic mass is 16.5. The lowest BCUT2D eigenvalue weighted by molar-refractivity contribution is -0.149. The highest BCUT2D eigenvalue weighted by Gasteiger charge is 2.39. The number of rotatable bonds is 2. The number of carbonyl (C=O) groups excluding carboxylic acids is 2. The predicted octanol–water partition coefficient (Wildman–Crippen LogP) is -0.205. The lowest BCUT2D eigenvalue weighted by atomic mass is 10.2. The maximum Gasteiger partial charge on any atom is 0.323 e. The minimum atomic E-state index is -0.316. The van der Waals surface area contributed by atoms with Crippen LogP contribution in [0, 0.1) is 0 Å². The standard InChI is InChI=1S/C9H15NO4/c1-10-6(8(11)13-2)4-5-7(10)9(12)14-3/h6-7H,4-5H2,1-3H3/t6-,7-/m0/s1. The van der Waals surface area contributed by atoms with Gasteiger partial charge in [0.2, 0.25) is 0 Å². The number of nitrogens with zero attached hydrogens (tertiary/aromatic N) is 1. The fourth-order valence-corrected chi connectivity index (χ4v) is 1.78. The molecule has 5 nitrogen and oxygen atoms in total. The van der Waals surface area contributed by atoms with Crippen LogP contribution >= 0.6 is 0 Å². The summed E-state index contributed by atoms with van der Waals surface area (Å²) in [5, 5.41) is 0. The van der Waals surface area contributed by atoms with Crippen molar-refractivity contribution in [1.82, 2.24) is 4.90 Å². The second-order valence-electron chi connectivity index (χ2n) is 3.32. The van der Waals surface area contributed by atoms with E-state index < -0.39 is 0 Å². The molecule has 0 aromatic carbocycles. The quantitative estimate of drug-likeness (QED) is 0.579. The Bertz CT molecular complexity index is 217. The molecule has 0 unspecified atom stereocenters. The molecule has 0 aliphatic carbocycles. The minimum Gasteiger partial charge on any atom is -0.468 e. The van der Waals surface area contributed by atoms with Crippen LogP contribution < -0.4 is 0 Å². The van der Waals surface area contributed by atoms with Crippen LogP contribution in [0.3, 0.4) is 0 Å². The number of esters is 2. The molecule has 1 saturated heterocycles. The second kappa shape index (κ2) is 4.41. The van der Waals surface area contributed by atoms with E-state index in [1.165, 1.54) is 14.2 Å². The molecule has 0 radical (unpaired) electrons. The largest absolute Gasteiger partial charge is 0.468 e. The molecule has 0 amide bonds. The molecule has 2 atom stereocenters. The van der Waals surface area contributed by atoms with Crippen LogP contribution in [0.2, 0.25) is 0 Å². The summed E-state index contributed by atoms with van der Waals surface area (Å²) in [6.45, 7) is 0. The van der Waals surface area contributed by atoms with Crippen molar-refractivity contribution < 1.29 is 19.1 Å². The van der Waals surface area contributed by atoms with Gasteiger partial charge in [-0.15, -0.1) is 0 Å². The number of likely N-dealkylation sites (N-methyl/N-ethyl adjacent to an activating group) is 1. The summed E-state index contributed by atoms with van der Waals surface area (Å²) in [7, 11) is 4.43. The maximum absolute atomic E-state index is 11.3. The van der Waals surface area contributed by atoms with E-state index >= 15 is 0 Å². The molecule has 0 aromatic heterocycles. The number of hydrogen-bond acceptors (Lipinski definition) is 5. The number of likely N-dealkylation sites (tertiary alicyclic amines) is 1. The van der Waals surface area contributed by atoms with Crippen LogP contribution in [-0.4, -0.2) is 50.2 Å². The summed E-state index contributed by atoms with van der Waals surface area (Å²) in [5.74, 6) is -0.585. The van der Waals surface area contributed by atoms with Gasteiger partial charge in [-0.1, -0.05) is 0 Å². The van der Waals surface area contributed by atoms with E-state index in [-0.39, 0.29) is 24.0 Å². The number of hydrogen-bond donors (Lipinski definition) is 0. The molecule has 1 aliphatic heterocycles. The zero-order valence-corrected chi connectivity index (χ0v) is 8.65. The Balaban J connectivity index is 2.64.